The molecule has 9 nitrogen and oxygen atoms in total. The number of carboxylic acids is 1. The molecule has 25 heavy (non-hydrogen) atoms. The molecule has 1 atom stereocenters. The lowest BCUT2D eigenvalue weighted by Gasteiger charge is -2.31. The normalized spacial score (nSPS) is 13.0. The third kappa shape index (κ3) is 6.82. The number of ether oxygens (including phenoxy) is 2. The number of rotatable bonds is 4. The molecule has 0 bridgehead atoms. The van der Waals surface area contributed by atoms with Gasteiger partial charge in [-0.1, -0.05) is 0 Å². The Bertz CT molecular complexity index is 585. The first kappa shape index (κ1) is 20.5. The van der Waals surface area contributed by atoms with Gasteiger partial charge in [0.05, 0.1) is 6.54 Å². The lowest BCUT2D eigenvalue weighted by Crippen LogP contribution is -2.53. The molecule has 140 valence electrons. The van der Waals surface area contributed by atoms with Crippen molar-refractivity contribution in [3.8, 4) is 0 Å². The Balaban J connectivity index is 3.18. The predicted octanol–water partition coefficient (Wildman–Crippen LogP) is 2.51. The Morgan fingerprint density at radius 2 is 1.56 bits per heavy atom. The van der Waals surface area contributed by atoms with Gasteiger partial charge in [-0.3, -0.25) is 4.68 Å². The van der Waals surface area contributed by atoms with E-state index in [1.165, 1.54) is 17.1 Å². The lowest BCUT2D eigenvalue weighted by molar-refractivity contribution is -0.143. The van der Waals surface area contributed by atoms with E-state index in [1.54, 1.807) is 47.6 Å². The summed E-state index contributed by atoms with van der Waals surface area (Å²) in [6, 6.07) is 0.0640. The van der Waals surface area contributed by atoms with Crippen LogP contribution >= 0.6 is 0 Å². The van der Waals surface area contributed by atoms with Crippen LogP contribution in [-0.4, -0.2) is 55.2 Å². The zero-order valence-electron chi connectivity index (χ0n) is 15.3. The maximum Gasteiger partial charge on any atom is 0.420 e. The van der Waals surface area contributed by atoms with E-state index in [2.05, 4.69) is 5.10 Å². The van der Waals surface area contributed by atoms with Crippen LogP contribution in [0.1, 0.15) is 41.5 Å². The van der Waals surface area contributed by atoms with Gasteiger partial charge in [-0.15, -0.1) is 0 Å². The minimum absolute atomic E-state index is 0.235. The molecule has 0 aliphatic heterocycles. The SMILES string of the molecule is CC(C)(C)OC(=O)N(C(=O)OC(C)(C)C)[C@@H](Cn1cccn1)C(=O)O. The number of carbonyl (C=O) groups is 3. The van der Waals surface area contributed by atoms with Crippen molar-refractivity contribution in [1.82, 2.24) is 14.7 Å². The van der Waals surface area contributed by atoms with E-state index < -0.39 is 35.4 Å². The molecular weight excluding hydrogens is 330 g/mol. The fourth-order valence-corrected chi connectivity index (χ4v) is 1.81. The summed E-state index contributed by atoms with van der Waals surface area (Å²) in [5, 5.41) is 13.4. The molecular formula is C16H25N3O6. The smallest absolute Gasteiger partial charge is 0.420 e. The molecule has 0 saturated heterocycles. The molecule has 1 aromatic heterocycles. The van der Waals surface area contributed by atoms with Gasteiger partial charge < -0.3 is 14.6 Å². The van der Waals surface area contributed by atoms with Crippen molar-refractivity contribution in [3.05, 3.63) is 18.5 Å². The van der Waals surface area contributed by atoms with Crippen LogP contribution in [0.2, 0.25) is 0 Å². The summed E-state index contributed by atoms with van der Waals surface area (Å²) in [5.74, 6) is -1.38. The van der Waals surface area contributed by atoms with Crippen LogP contribution in [0.4, 0.5) is 9.59 Å². The molecule has 0 unspecified atom stereocenters. The molecule has 0 aliphatic carbocycles. The van der Waals surface area contributed by atoms with Crippen LogP contribution in [0.15, 0.2) is 18.5 Å². The molecule has 2 amide bonds. The van der Waals surface area contributed by atoms with Crippen LogP contribution in [0, 0.1) is 0 Å². The Morgan fingerprint density at radius 1 is 1.08 bits per heavy atom. The fourth-order valence-electron chi connectivity index (χ4n) is 1.81. The van der Waals surface area contributed by atoms with E-state index >= 15 is 0 Å². The monoisotopic (exact) mass is 355 g/mol. The van der Waals surface area contributed by atoms with Crippen molar-refractivity contribution in [3.63, 3.8) is 0 Å². The Morgan fingerprint density at radius 3 is 1.88 bits per heavy atom. The molecule has 0 aliphatic rings. The number of carboxylic acid groups (broad SMARTS) is 1. The van der Waals surface area contributed by atoms with Gasteiger partial charge in [0, 0.05) is 12.4 Å². The number of carbonyl (C=O) groups excluding carboxylic acids is 2. The molecule has 0 spiro atoms. The first-order chi connectivity index (χ1) is 11.3. The van der Waals surface area contributed by atoms with Crippen LogP contribution in [0.25, 0.3) is 0 Å². The summed E-state index contributed by atoms with van der Waals surface area (Å²) in [6.07, 6.45) is 0.797. The zero-order chi connectivity index (χ0) is 19.4. The second kappa shape index (κ2) is 7.54. The third-order valence-corrected chi connectivity index (χ3v) is 2.70. The van der Waals surface area contributed by atoms with Crippen molar-refractivity contribution in [2.45, 2.75) is 65.3 Å². The maximum absolute atomic E-state index is 12.5. The quantitative estimate of drug-likeness (QED) is 0.883. The van der Waals surface area contributed by atoms with E-state index in [4.69, 9.17) is 9.47 Å². The van der Waals surface area contributed by atoms with Crippen LogP contribution in [-0.2, 0) is 20.8 Å². The molecule has 0 aromatic carbocycles. The summed E-state index contributed by atoms with van der Waals surface area (Å²) in [5.41, 5.74) is -1.82. The highest BCUT2D eigenvalue weighted by Crippen LogP contribution is 2.18. The summed E-state index contributed by atoms with van der Waals surface area (Å²) in [7, 11) is 0. The second-order valence-corrected chi connectivity index (χ2v) is 7.41. The maximum atomic E-state index is 12.5. The number of nitrogens with zero attached hydrogens (tertiary/aromatic N) is 3. The van der Waals surface area contributed by atoms with Gasteiger partial charge in [0.15, 0.2) is 6.04 Å². The minimum Gasteiger partial charge on any atom is -0.480 e. The van der Waals surface area contributed by atoms with Crippen molar-refractivity contribution in [1.29, 1.82) is 0 Å². The predicted molar refractivity (Wildman–Crippen MR) is 88.0 cm³/mol. The molecule has 1 rings (SSSR count). The first-order valence-electron chi connectivity index (χ1n) is 7.75. The van der Waals surface area contributed by atoms with E-state index in [0.29, 0.717) is 4.90 Å². The first-order valence-corrected chi connectivity index (χ1v) is 7.75. The Labute approximate surface area is 146 Å². The number of aromatic nitrogens is 2. The van der Waals surface area contributed by atoms with Gasteiger partial charge in [0.25, 0.3) is 0 Å². The largest absolute Gasteiger partial charge is 0.480 e. The van der Waals surface area contributed by atoms with Crippen molar-refractivity contribution >= 4 is 18.2 Å². The fraction of sp³-hybridized carbons (Fsp3) is 0.625. The number of hydrogen-bond acceptors (Lipinski definition) is 6. The lowest BCUT2D eigenvalue weighted by atomic mass is 10.2. The zero-order valence-corrected chi connectivity index (χ0v) is 15.3. The number of imide groups is 1. The highest BCUT2D eigenvalue weighted by atomic mass is 16.6. The standard InChI is InChI=1S/C16H25N3O6/c1-15(2,3)24-13(22)19(14(23)25-16(4,5)6)11(12(20)21)10-18-9-7-8-17-18/h7-9,11H,10H2,1-6H3,(H,20,21)/t11-/m0/s1. The van der Waals surface area contributed by atoms with Gasteiger partial charge in [0.1, 0.15) is 11.2 Å². The molecule has 0 radical (unpaired) electrons. The number of hydrogen-bond donors (Lipinski definition) is 1. The van der Waals surface area contributed by atoms with E-state index in [1.807, 2.05) is 0 Å². The topological polar surface area (TPSA) is 111 Å². The van der Waals surface area contributed by atoms with E-state index in [0.717, 1.165) is 0 Å². The molecule has 1 N–H and O–H groups in total. The van der Waals surface area contributed by atoms with Crippen molar-refractivity contribution in [2.75, 3.05) is 0 Å². The van der Waals surface area contributed by atoms with Crippen LogP contribution in [0.3, 0.4) is 0 Å². The summed E-state index contributed by atoms with van der Waals surface area (Å²) in [4.78, 5) is 37.1. The Kier molecular flexibility index (Phi) is 6.17. The second-order valence-electron chi connectivity index (χ2n) is 7.41. The molecule has 1 heterocycles. The van der Waals surface area contributed by atoms with Crippen molar-refractivity contribution < 1.29 is 29.0 Å². The number of amides is 2. The third-order valence-electron chi connectivity index (χ3n) is 2.70. The number of aliphatic carboxylic acids is 1. The highest BCUT2D eigenvalue weighted by Gasteiger charge is 2.40. The molecule has 9 heteroatoms. The summed E-state index contributed by atoms with van der Waals surface area (Å²) < 4.78 is 11.7. The minimum atomic E-state index is -1.54. The van der Waals surface area contributed by atoms with Gasteiger partial charge >= 0.3 is 18.2 Å². The molecule has 0 saturated carbocycles. The van der Waals surface area contributed by atoms with Gasteiger partial charge in [-0.2, -0.15) is 10.00 Å². The van der Waals surface area contributed by atoms with Crippen LogP contribution < -0.4 is 0 Å². The highest BCUT2D eigenvalue weighted by molar-refractivity contribution is 5.93. The van der Waals surface area contributed by atoms with E-state index in [9.17, 15) is 19.5 Å². The molecule has 1 aromatic rings. The van der Waals surface area contributed by atoms with E-state index in [-0.39, 0.29) is 6.54 Å². The van der Waals surface area contributed by atoms with Crippen molar-refractivity contribution in [2.24, 2.45) is 0 Å². The average Bonchev–Trinajstić information content (AvgIpc) is 2.86. The summed E-state index contributed by atoms with van der Waals surface area (Å²) in [6.45, 7) is 9.44. The van der Waals surface area contributed by atoms with Gasteiger partial charge in [-0.05, 0) is 47.6 Å². The van der Waals surface area contributed by atoms with Crippen LogP contribution in [0.5, 0.6) is 0 Å². The average molecular weight is 355 g/mol. The van der Waals surface area contributed by atoms with Gasteiger partial charge in [0.2, 0.25) is 0 Å². The van der Waals surface area contributed by atoms with Gasteiger partial charge in [-0.25, -0.2) is 14.4 Å². The summed E-state index contributed by atoms with van der Waals surface area (Å²) >= 11 is 0. The Hall–Kier alpha value is -2.58. The molecule has 0 fully saturated rings.